The van der Waals surface area contributed by atoms with Crippen LogP contribution in [0, 0.1) is 5.92 Å². The Bertz CT molecular complexity index is 1030. The third kappa shape index (κ3) is 5.54. The van der Waals surface area contributed by atoms with E-state index in [1.807, 2.05) is 49.4 Å². The number of aliphatic hydroxyl groups is 1. The molecule has 2 heterocycles. The molecule has 0 radical (unpaired) electrons. The molecule has 2 aliphatic rings. The van der Waals surface area contributed by atoms with Crippen LogP contribution in [-0.2, 0) is 0 Å². The fraction of sp³-hybridized carbons (Fsp3) is 0.385. The molecular formula is C26H32N4O2S. The van der Waals surface area contributed by atoms with Crippen LogP contribution in [0.15, 0.2) is 65.3 Å². The van der Waals surface area contributed by atoms with Gasteiger partial charge < -0.3 is 20.5 Å². The number of fused-ring (bicyclic) bond motifs is 1. The van der Waals surface area contributed by atoms with Crippen LogP contribution in [0.25, 0.3) is 5.76 Å². The normalized spacial score (nSPS) is 18.8. The summed E-state index contributed by atoms with van der Waals surface area (Å²) in [6.07, 6.45) is 3.68. The van der Waals surface area contributed by atoms with E-state index in [9.17, 15) is 5.11 Å². The molecule has 0 amide bonds. The summed E-state index contributed by atoms with van der Waals surface area (Å²) < 4.78 is 6.10. The van der Waals surface area contributed by atoms with Crippen molar-refractivity contribution in [3.05, 3.63) is 71.3 Å². The molecule has 2 atom stereocenters. The van der Waals surface area contributed by atoms with E-state index in [0.29, 0.717) is 18.1 Å². The first-order valence-corrected chi connectivity index (χ1v) is 12.0. The first-order valence-electron chi connectivity index (χ1n) is 11.6. The maximum Gasteiger partial charge on any atom is 0.184 e. The van der Waals surface area contributed by atoms with Gasteiger partial charge in [-0.15, -0.1) is 0 Å². The SMILES string of the molecule is C/C(=N/NC(N)=S)[C@@H](CN1CCCCC1)[C@H](C1=C(O)c2ccccc2OC1)c1ccccc1. The minimum atomic E-state index is -0.113. The Labute approximate surface area is 201 Å². The van der Waals surface area contributed by atoms with Gasteiger partial charge in [-0.05, 0) is 62.8 Å². The summed E-state index contributed by atoms with van der Waals surface area (Å²) in [5, 5.41) is 16.1. The Balaban J connectivity index is 1.80. The van der Waals surface area contributed by atoms with Crippen molar-refractivity contribution in [2.75, 3.05) is 26.2 Å². The van der Waals surface area contributed by atoms with E-state index in [-0.39, 0.29) is 16.9 Å². The summed E-state index contributed by atoms with van der Waals surface area (Å²) in [6.45, 7) is 5.29. The van der Waals surface area contributed by atoms with Crippen LogP contribution in [0.5, 0.6) is 5.75 Å². The zero-order valence-electron chi connectivity index (χ0n) is 19.0. The molecule has 6 nitrogen and oxygen atoms in total. The van der Waals surface area contributed by atoms with Gasteiger partial charge in [-0.2, -0.15) is 5.10 Å². The zero-order valence-corrected chi connectivity index (χ0v) is 19.9. The molecule has 2 aromatic carbocycles. The van der Waals surface area contributed by atoms with Crippen LogP contribution in [0.3, 0.4) is 0 Å². The molecule has 7 heteroatoms. The Hall–Kier alpha value is -2.90. The molecular weight excluding hydrogens is 432 g/mol. The van der Waals surface area contributed by atoms with E-state index in [1.165, 1.54) is 19.3 Å². The lowest BCUT2D eigenvalue weighted by molar-refractivity contribution is 0.204. The third-order valence-corrected chi connectivity index (χ3v) is 6.64. The number of rotatable bonds is 7. The first-order chi connectivity index (χ1) is 16.0. The molecule has 1 saturated heterocycles. The van der Waals surface area contributed by atoms with Crippen LogP contribution in [0.4, 0.5) is 0 Å². The number of nitrogens with zero attached hydrogens (tertiary/aromatic N) is 2. The number of para-hydroxylation sites is 1. The lowest BCUT2D eigenvalue weighted by atomic mass is 9.76. The number of thiocarbonyl (C=S) groups is 1. The lowest BCUT2D eigenvalue weighted by Gasteiger charge is -2.37. The summed E-state index contributed by atoms with van der Waals surface area (Å²) in [5.41, 5.74) is 12.0. The van der Waals surface area contributed by atoms with Crippen molar-refractivity contribution in [2.45, 2.75) is 32.1 Å². The van der Waals surface area contributed by atoms with Gasteiger partial charge in [-0.1, -0.05) is 48.9 Å². The van der Waals surface area contributed by atoms with Gasteiger partial charge in [-0.25, -0.2) is 0 Å². The van der Waals surface area contributed by atoms with Crippen molar-refractivity contribution in [1.82, 2.24) is 10.3 Å². The van der Waals surface area contributed by atoms with E-state index < -0.39 is 0 Å². The first kappa shape index (κ1) is 23.3. The largest absolute Gasteiger partial charge is 0.507 e. The highest BCUT2D eigenvalue weighted by Gasteiger charge is 2.35. The molecule has 33 heavy (non-hydrogen) atoms. The molecule has 4 N–H and O–H groups in total. The predicted molar refractivity (Wildman–Crippen MR) is 137 cm³/mol. The van der Waals surface area contributed by atoms with E-state index >= 15 is 0 Å². The molecule has 174 valence electrons. The van der Waals surface area contributed by atoms with Crippen LogP contribution >= 0.6 is 12.2 Å². The number of benzene rings is 2. The smallest absolute Gasteiger partial charge is 0.184 e. The molecule has 0 aliphatic carbocycles. The minimum absolute atomic E-state index is 0.00152. The van der Waals surface area contributed by atoms with E-state index in [2.05, 4.69) is 27.6 Å². The topological polar surface area (TPSA) is 83.1 Å². The van der Waals surface area contributed by atoms with Crippen LogP contribution in [0.2, 0.25) is 0 Å². The molecule has 1 fully saturated rings. The molecule has 0 unspecified atom stereocenters. The molecule has 0 saturated carbocycles. The van der Waals surface area contributed by atoms with Gasteiger partial charge in [0.25, 0.3) is 0 Å². The number of aliphatic hydroxyl groups excluding tert-OH is 1. The quantitative estimate of drug-likeness (QED) is 0.319. The van der Waals surface area contributed by atoms with Gasteiger partial charge >= 0.3 is 0 Å². The molecule has 0 aromatic heterocycles. The average Bonchev–Trinajstić information content (AvgIpc) is 2.85. The molecule has 4 rings (SSSR count). The van der Waals surface area contributed by atoms with Gasteiger partial charge in [0.1, 0.15) is 18.1 Å². The van der Waals surface area contributed by atoms with Gasteiger partial charge in [-0.3, -0.25) is 5.43 Å². The maximum absolute atomic E-state index is 11.4. The Morgan fingerprint density at radius 2 is 1.82 bits per heavy atom. The lowest BCUT2D eigenvalue weighted by Crippen LogP contribution is -2.40. The summed E-state index contributed by atoms with van der Waals surface area (Å²) in [4.78, 5) is 2.50. The van der Waals surface area contributed by atoms with Crippen molar-refractivity contribution < 1.29 is 9.84 Å². The number of piperidine rings is 1. The second-order valence-electron chi connectivity index (χ2n) is 8.74. The highest BCUT2D eigenvalue weighted by Crippen LogP contribution is 2.41. The number of likely N-dealkylation sites (tertiary alicyclic amines) is 1. The number of hydrogen-bond donors (Lipinski definition) is 3. The van der Waals surface area contributed by atoms with Crippen LogP contribution < -0.4 is 15.9 Å². The summed E-state index contributed by atoms with van der Waals surface area (Å²) in [6, 6.07) is 17.9. The summed E-state index contributed by atoms with van der Waals surface area (Å²) >= 11 is 4.99. The van der Waals surface area contributed by atoms with Crippen molar-refractivity contribution in [1.29, 1.82) is 0 Å². The number of nitrogens with one attached hydrogen (secondary N) is 1. The second-order valence-corrected chi connectivity index (χ2v) is 9.18. The summed E-state index contributed by atoms with van der Waals surface area (Å²) in [7, 11) is 0. The van der Waals surface area contributed by atoms with Crippen molar-refractivity contribution in [2.24, 2.45) is 16.8 Å². The van der Waals surface area contributed by atoms with Crippen LogP contribution in [0.1, 0.15) is 43.2 Å². The van der Waals surface area contributed by atoms with E-state index in [0.717, 1.165) is 42.0 Å². The third-order valence-electron chi connectivity index (χ3n) is 6.55. The summed E-state index contributed by atoms with van der Waals surface area (Å²) in [5.74, 6) is 0.889. The van der Waals surface area contributed by atoms with E-state index in [4.69, 9.17) is 22.7 Å². The number of ether oxygens (including phenoxy) is 1. The van der Waals surface area contributed by atoms with Crippen molar-refractivity contribution in [3.63, 3.8) is 0 Å². The van der Waals surface area contributed by atoms with Crippen LogP contribution in [-0.4, -0.2) is 47.1 Å². The standard InChI is InChI=1S/C26H32N4O2S/c1-18(28-29-26(27)33)21(16-30-14-8-3-9-15-30)24(19-10-4-2-5-11-19)22-17-32-23-13-7-6-12-20(23)25(22)31/h2,4-7,10-13,21,24,31H,3,8-9,14-17H2,1H3,(H3,27,29,33)/b28-18-/t21-,24-/m1/s1. The van der Waals surface area contributed by atoms with Gasteiger partial charge in [0.2, 0.25) is 0 Å². The number of nitrogens with two attached hydrogens (primary N) is 1. The fourth-order valence-electron chi connectivity index (χ4n) is 4.88. The second kappa shape index (κ2) is 10.8. The van der Waals surface area contributed by atoms with Crippen molar-refractivity contribution >= 4 is 28.8 Å². The number of hydrogen-bond acceptors (Lipinski definition) is 5. The highest BCUT2D eigenvalue weighted by molar-refractivity contribution is 7.80. The monoisotopic (exact) mass is 464 g/mol. The molecule has 0 bridgehead atoms. The molecule has 2 aromatic rings. The zero-order chi connectivity index (χ0) is 23.2. The predicted octanol–water partition coefficient (Wildman–Crippen LogP) is 4.44. The average molecular weight is 465 g/mol. The van der Waals surface area contributed by atoms with E-state index in [1.54, 1.807) is 0 Å². The van der Waals surface area contributed by atoms with Gasteiger partial charge in [0, 0.05) is 29.7 Å². The highest BCUT2D eigenvalue weighted by atomic mass is 32.1. The maximum atomic E-state index is 11.4. The fourth-order valence-corrected chi connectivity index (χ4v) is 4.93. The molecule has 2 aliphatic heterocycles. The van der Waals surface area contributed by atoms with Gasteiger partial charge in [0.05, 0.1) is 5.56 Å². The minimum Gasteiger partial charge on any atom is -0.507 e. The Morgan fingerprint density at radius 3 is 2.55 bits per heavy atom. The Kier molecular flexibility index (Phi) is 7.62. The van der Waals surface area contributed by atoms with Gasteiger partial charge in [0.15, 0.2) is 5.11 Å². The molecule has 0 spiro atoms. The van der Waals surface area contributed by atoms with Crippen molar-refractivity contribution in [3.8, 4) is 5.75 Å². The Morgan fingerprint density at radius 1 is 1.12 bits per heavy atom. The number of hydrazone groups is 1.